The topological polar surface area (TPSA) is 67.3 Å². The molecule has 2 rings (SSSR count). The summed E-state index contributed by atoms with van der Waals surface area (Å²) in [5.41, 5.74) is 0. The maximum absolute atomic E-state index is 11.9. The van der Waals surface area contributed by atoms with E-state index < -0.39 is 25.3 Å². The molecule has 6 nitrogen and oxygen atoms in total. The molecule has 1 amide bonds. The number of nitrogens with zero attached hydrogens (tertiary/aromatic N) is 3. The molecule has 1 saturated heterocycles. The average Bonchev–Trinajstić information content (AvgIpc) is 2.47. The molecule has 1 atom stereocenters. The van der Waals surface area contributed by atoms with Crippen molar-refractivity contribution in [1.29, 1.82) is 0 Å². The highest BCUT2D eigenvalue weighted by Crippen LogP contribution is 2.16. The summed E-state index contributed by atoms with van der Waals surface area (Å²) in [5, 5.41) is 2.68. The van der Waals surface area contributed by atoms with Crippen molar-refractivity contribution in [1.82, 2.24) is 15.3 Å². The maximum atomic E-state index is 11.9. The molecule has 9 heteroatoms. The second kappa shape index (κ2) is 7.39. The summed E-state index contributed by atoms with van der Waals surface area (Å²) in [5.74, 6) is 0.0276. The van der Waals surface area contributed by atoms with Crippen LogP contribution in [-0.4, -0.2) is 54.4 Å². The summed E-state index contributed by atoms with van der Waals surface area (Å²) in [7, 11) is 0. The van der Waals surface area contributed by atoms with Crippen molar-refractivity contribution in [2.45, 2.75) is 25.1 Å². The number of aromatic nitrogens is 2. The number of hydrogen-bond donors (Lipinski definition) is 1. The third kappa shape index (κ3) is 5.47. The van der Waals surface area contributed by atoms with Gasteiger partial charge in [0.1, 0.15) is 13.2 Å². The Labute approximate surface area is 125 Å². The highest BCUT2D eigenvalue weighted by atomic mass is 19.4. The molecule has 1 aliphatic rings. The van der Waals surface area contributed by atoms with E-state index >= 15 is 0 Å². The van der Waals surface area contributed by atoms with E-state index in [9.17, 15) is 18.0 Å². The van der Waals surface area contributed by atoms with Crippen molar-refractivity contribution in [3.8, 4) is 0 Å². The van der Waals surface area contributed by atoms with Crippen molar-refractivity contribution in [2.24, 2.45) is 0 Å². The number of piperidine rings is 1. The van der Waals surface area contributed by atoms with Gasteiger partial charge in [0.25, 0.3) is 0 Å². The molecule has 1 aromatic heterocycles. The summed E-state index contributed by atoms with van der Waals surface area (Å²) in [6.07, 6.45) is 0.443. The van der Waals surface area contributed by atoms with Crippen LogP contribution in [-0.2, 0) is 9.53 Å². The van der Waals surface area contributed by atoms with Crippen molar-refractivity contribution < 1.29 is 22.7 Å². The predicted octanol–water partition coefficient (Wildman–Crippen LogP) is 1.14. The van der Waals surface area contributed by atoms with Gasteiger partial charge in [-0.25, -0.2) is 9.97 Å². The van der Waals surface area contributed by atoms with Crippen LogP contribution in [0.2, 0.25) is 0 Å². The fourth-order valence-corrected chi connectivity index (χ4v) is 2.26. The van der Waals surface area contributed by atoms with Crippen molar-refractivity contribution in [3.05, 3.63) is 18.5 Å². The first-order valence-electron chi connectivity index (χ1n) is 6.90. The lowest BCUT2D eigenvalue weighted by Gasteiger charge is -2.33. The summed E-state index contributed by atoms with van der Waals surface area (Å²) < 4.78 is 40.1. The summed E-state index contributed by atoms with van der Waals surface area (Å²) >= 11 is 0. The molecule has 1 aromatic rings. The highest BCUT2D eigenvalue weighted by Gasteiger charge is 2.28. The van der Waals surface area contributed by atoms with Crippen molar-refractivity contribution in [3.63, 3.8) is 0 Å². The van der Waals surface area contributed by atoms with E-state index in [0.717, 1.165) is 19.4 Å². The van der Waals surface area contributed by atoms with Crippen LogP contribution in [0.5, 0.6) is 0 Å². The number of hydrogen-bond acceptors (Lipinski definition) is 5. The molecule has 0 radical (unpaired) electrons. The van der Waals surface area contributed by atoms with Gasteiger partial charge >= 0.3 is 6.18 Å². The minimum atomic E-state index is -4.42. The normalized spacial score (nSPS) is 19.0. The number of carbonyl (C=O) groups is 1. The molecule has 2 heterocycles. The average molecular weight is 318 g/mol. The number of anilines is 1. The minimum absolute atomic E-state index is 0.153. The zero-order valence-corrected chi connectivity index (χ0v) is 11.8. The zero-order valence-electron chi connectivity index (χ0n) is 11.8. The molecule has 1 N–H and O–H groups in total. The van der Waals surface area contributed by atoms with Gasteiger partial charge in [-0.2, -0.15) is 13.2 Å². The van der Waals surface area contributed by atoms with Gasteiger partial charge in [0.2, 0.25) is 11.9 Å². The van der Waals surface area contributed by atoms with Crippen LogP contribution in [0, 0.1) is 0 Å². The molecule has 0 saturated carbocycles. The Kier molecular flexibility index (Phi) is 5.53. The number of halogens is 3. The van der Waals surface area contributed by atoms with Gasteiger partial charge in [-0.1, -0.05) is 0 Å². The van der Waals surface area contributed by atoms with E-state index in [2.05, 4.69) is 20.0 Å². The third-order valence-electron chi connectivity index (χ3n) is 3.12. The smallest absolute Gasteiger partial charge is 0.362 e. The summed E-state index contributed by atoms with van der Waals surface area (Å²) in [6.45, 7) is -0.719. The Balaban J connectivity index is 1.77. The number of nitrogens with one attached hydrogen (secondary N) is 1. The van der Waals surface area contributed by atoms with E-state index in [1.54, 1.807) is 18.5 Å². The Morgan fingerprint density at radius 1 is 1.41 bits per heavy atom. The monoisotopic (exact) mass is 318 g/mol. The van der Waals surface area contributed by atoms with Gasteiger partial charge in [-0.15, -0.1) is 0 Å². The van der Waals surface area contributed by atoms with Gasteiger partial charge in [0, 0.05) is 31.5 Å². The number of alkyl halides is 3. The summed E-state index contributed by atoms with van der Waals surface area (Å²) in [4.78, 5) is 21.8. The summed E-state index contributed by atoms with van der Waals surface area (Å²) in [6, 6.07) is 1.56. The molecular weight excluding hydrogens is 301 g/mol. The lowest BCUT2D eigenvalue weighted by molar-refractivity contribution is -0.175. The van der Waals surface area contributed by atoms with Crippen LogP contribution < -0.4 is 10.2 Å². The van der Waals surface area contributed by atoms with Crippen LogP contribution in [0.25, 0.3) is 0 Å². The number of rotatable bonds is 5. The van der Waals surface area contributed by atoms with Gasteiger partial charge in [0.05, 0.1) is 0 Å². The quantitative estimate of drug-likeness (QED) is 0.882. The van der Waals surface area contributed by atoms with Gasteiger partial charge < -0.3 is 15.0 Å². The first-order valence-corrected chi connectivity index (χ1v) is 6.90. The second-order valence-electron chi connectivity index (χ2n) is 5.01. The minimum Gasteiger partial charge on any atom is -0.362 e. The van der Waals surface area contributed by atoms with Crippen molar-refractivity contribution >= 4 is 11.9 Å². The largest absolute Gasteiger partial charge is 0.411 e. The highest BCUT2D eigenvalue weighted by molar-refractivity contribution is 5.77. The van der Waals surface area contributed by atoms with E-state index in [4.69, 9.17) is 0 Å². The molecule has 0 aromatic carbocycles. The third-order valence-corrected chi connectivity index (χ3v) is 3.12. The first kappa shape index (κ1) is 16.5. The molecule has 22 heavy (non-hydrogen) atoms. The van der Waals surface area contributed by atoms with Crippen LogP contribution >= 0.6 is 0 Å². The standard InChI is InChI=1S/C13H17F3N4O2/c14-13(15,16)9-22-8-11(21)19-10-3-1-6-20(7-10)12-17-4-2-5-18-12/h2,4-5,10H,1,3,6-9H2,(H,19,21). The lowest BCUT2D eigenvalue weighted by atomic mass is 10.1. The van der Waals surface area contributed by atoms with Crippen LogP contribution in [0.1, 0.15) is 12.8 Å². The van der Waals surface area contributed by atoms with Gasteiger partial charge in [-0.3, -0.25) is 4.79 Å². The fraction of sp³-hybridized carbons (Fsp3) is 0.615. The Morgan fingerprint density at radius 2 is 2.14 bits per heavy atom. The van der Waals surface area contributed by atoms with E-state index in [1.807, 2.05) is 4.90 Å². The SMILES string of the molecule is O=C(COCC(F)(F)F)NC1CCCN(c2ncccn2)C1. The molecule has 0 bridgehead atoms. The first-order chi connectivity index (χ1) is 10.4. The maximum Gasteiger partial charge on any atom is 0.411 e. The van der Waals surface area contributed by atoms with Crippen LogP contribution in [0.3, 0.4) is 0 Å². The number of carbonyl (C=O) groups excluding carboxylic acids is 1. The Hall–Kier alpha value is -1.90. The van der Waals surface area contributed by atoms with Gasteiger partial charge in [0.15, 0.2) is 0 Å². The van der Waals surface area contributed by atoms with Crippen molar-refractivity contribution in [2.75, 3.05) is 31.2 Å². The molecule has 1 fully saturated rings. The van der Waals surface area contributed by atoms with Crippen LogP contribution in [0.4, 0.5) is 19.1 Å². The molecule has 0 aliphatic carbocycles. The molecule has 0 spiro atoms. The van der Waals surface area contributed by atoms with Gasteiger partial charge in [-0.05, 0) is 18.9 Å². The molecular formula is C13H17F3N4O2. The Morgan fingerprint density at radius 3 is 2.82 bits per heavy atom. The Bertz CT molecular complexity index is 484. The van der Waals surface area contributed by atoms with Crippen LogP contribution in [0.15, 0.2) is 18.5 Å². The predicted molar refractivity (Wildman–Crippen MR) is 72.3 cm³/mol. The number of amides is 1. The van der Waals surface area contributed by atoms with E-state index in [1.165, 1.54) is 0 Å². The second-order valence-corrected chi connectivity index (χ2v) is 5.01. The lowest BCUT2D eigenvalue weighted by Crippen LogP contribution is -2.49. The molecule has 1 aliphatic heterocycles. The molecule has 1 unspecified atom stereocenters. The van der Waals surface area contributed by atoms with E-state index in [-0.39, 0.29) is 6.04 Å². The fourth-order valence-electron chi connectivity index (χ4n) is 2.26. The number of ether oxygens (including phenoxy) is 1. The van der Waals surface area contributed by atoms with E-state index in [0.29, 0.717) is 12.5 Å². The zero-order chi connectivity index (χ0) is 16.0. The molecule has 122 valence electrons.